The normalized spacial score (nSPS) is 18.6. The van der Waals surface area contributed by atoms with Gasteiger partial charge >= 0.3 is 0 Å². The summed E-state index contributed by atoms with van der Waals surface area (Å²) in [7, 11) is 0. The van der Waals surface area contributed by atoms with E-state index in [1.54, 1.807) is 0 Å². The fourth-order valence-corrected chi connectivity index (χ4v) is 4.36. The fraction of sp³-hybridized carbons (Fsp3) is 0.292. The maximum atomic E-state index is 6.27. The van der Waals surface area contributed by atoms with Gasteiger partial charge in [-0.25, -0.2) is 4.98 Å². The molecule has 4 aromatic rings. The summed E-state index contributed by atoms with van der Waals surface area (Å²) in [5, 5.41) is 16.1. The van der Waals surface area contributed by atoms with Crippen molar-refractivity contribution in [3.63, 3.8) is 0 Å². The van der Waals surface area contributed by atoms with Crippen molar-refractivity contribution in [1.29, 1.82) is 0 Å². The Kier molecular flexibility index (Phi) is 5.92. The van der Waals surface area contributed by atoms with Gasteiger partial charge in [0.25, 0.3) is 0 Å². The Hall–Kier alpha value is -3.16. The molecule has 0 unspecified atom stereocenters. The average Bonchev–Trinajstić information content (AvgIpc) is 3.24. The Morgan fingerprint density at radius 3 is 2.75 bits per heavy atom. The quantitative estimate of drug-likeness (QED) is 0.332. The van der Waals surface area contributed by atoms with Crippen molar-refractivity contribution in [2.45, 2.75) is 44.3 Å². The van der Waals surface area contributed by atoms with Crippen molar-refractivity contribution in [1.82, 2.24) is 20.2 Å². The third-order valence-electron chi connectivity index (χ3n) is 6.00. The first kappa shape index (κ1) is 20.7. The van der Waals surface area contributed by atoms with Crippen LogP contribution in [0.2, 0.25) is 5.02 Å². The highest BCUT2D eigenvalue weighted by molar-refractivity contribution is 6.31. The van der Waals surface area contributed by atoms with Crippen LogP contribution in [0, 0.1) is 0 Å². The number of H-pyrrole nitrogens is 1. The highest BCUT2D eigenvalue weighted by Crippen LogP contribution is 2.28. The van der Waals surface area contributed by atoms with Gasteiger partial charge < -0.3 is 16.4 Å². The van der Waals surface area contributed by atoms with Crippen molar-refractivity contribution in [3.05, 3.63) is 65.3 Å². The molecule has 0 radical (unpaired) electrons. The van der Waals surface area contributed by atoms with Crippen LogP contribution < -0.4 is 16.4 Å². The SMILES string of the molecule is N[C@H]1CC[C@H](Nc2ncc3c(-c4cccc(NCc5ccccc5Cl)c4)n[nH]c3n2)CC1. The lowest BCUT2D eigenvalue weighted by atomic mass is 9.92. The summed E-state index contributed by atoms with van der Waals surface area (Å²) in [6.07, 6.45) is 6.00. The number of nitrogens with one attached hydrogen (secondary N) is 3. The van der Waals surface area contributed by atoms with E-state index in [1.165, 1.54) is 0 Å². The van der Waals surface area contributed by atoms with E-state index in [0.717, 1.165) is 64.2 Å². The van der Waals surface area contributed by atoms with Crippen LogP contribution >= 0.6 is 11.6 Å². The zero-order chi connectivity index (χ0) is 21.9. The van der Waals surface area contributed by atoms with Crippen LogP contribution in [0.5, 0.6) is 0 Å². The number of nitrogens with two attached hydrogens (primary N) is 1. The molecule has 0 spiro atoms. The summed E-state index contributed by atoms with van der Waals surface area (Å²) in [6.45, 7) is 0.647. The average molecular weight is 448 g/mol. The van der Waals surface area contributed by atoms with Gasteiger partial charge in [-0.2, -0.15) is 10.1 Å². The number of fused-ring (bicyclic) bond motifs is 1. The second-order valence-electron chi connectivity index (χ2n) is 8.31. The number of anilines is 2. The van der Waals surface area contributed by atoms with E-state index in [1.807, 2.05) is 48.7 Å². The molecular weight excluding hydrogens is 422 g/mol. The minimum atomic E-state index is 0.321. The summed E-state index contributed by atoms with van der Waals surface area (Å²) in [4.78, 5) is 9.18. The molecule has 2 aromatic carbocycles. The molecule has 164 valence electrons. The highest BCUT2D eigenvalue weighted by atomic mass is 35.5. The standard InChI is InChI=1S/C24H26ClN7/c25-21-7-2-1-4-16(21)13-27-19-6-3-5-15(12-19)22-20-14-28-24(30-23(20)32-31-22)29-18-10-8-17(26)9-11-18/h1-7,12,14,17-18,27H,8-11,13,26H2,(H2,28,29,30,31,32)/t17-,18-. The molecule has 5 N–H and O–H groups in total. The molecule has 1 fully saturated rings. The Balaban J connectivity index is 1.32. The first-order valence-electron chi connectivity index (χ1n) is 11.0. The maximum Gasteiger partial charge on any atom is 0.224 e. The minimum absolute atomic E-state index is 0.321. The Morgan fingerprint density at radius 2 is 1.91 bits per heavy atom. The van der Waals surface area contributed by atoms with Crippen LogP contribution in [-0.2, 0) is 6.54 Å². The number of rotatable bonds is 6. The van der Waals surface area contributed by atoms with Gasteiger partial charge in [0.05, 0.1) is 5.39 Å². The molecule has 7 nitrogen and oxygen atoms in total. The van der Waals surface area contributed by atoms with E-state index in [2.05, 4.69) is 36.9 Å². The van der Waals surface area contributed by atoms with E-state index < -0.39 is 0 Å². The van der Waals surface area contributed by atoms with E-state index in [9.17, 15) is 0 Å². The lowest BCUT2D eigenvalue weighted by molar-refractivity contribution is 0.410. The Morgan fingerprint density at radius 1 is 1.06 bits per heavy atom. The lowest BCUT2D eigenvalue weighted by Crippen LogP contribution is -2.33. The number of aromatic amines is 1. The van der Waals surface area contributed by atoms with Crippen LogP contribution in [0.3, 0.4) is 0 Å². The summed E-state index contributed by atoms with van der Waals surface area (Å²) < 4.78 is 0. The molecule has 1 aliphatic rings. The molecule has 1 aliphatic carbocycles. The fourth-order valence-electron chi connectivity index (χ4n) is 4.16. The van der Waals surface area contributed by atoms with Gasteiger partial charge in [0.1, 0.15) is 5.69 Å². The van der Waals surface area contributed by atoms with Gasteiger partial charge in [-0.1, -0.05) is 41.9 Å². The molecule has 0 saturated heterocycles. The van der Waals surface area contributed by atoms with Gasteiger partial charge in [0, 0.05) is 41.1 Å². The second kappa shape index (κ2) is 9.14. The molecule has 5 rings (SSSR count). The lowest BCUT2D eigenvalue weighted by Gasteiger charge is -2.26. The Bertz CT molecular complexity index is 1210. The number of aromatic nitrogens is 4. The molecule has 2 heterocycles. The van der Waals surface area contributed by atoms with E-state index in [-0.39, 0.29) is 0 Å². The zero-order valence-corrected chi connectivity index (χ0v) is 18.4. The van der Waals surface area contributed by atoms with Gasteiger partial charge in [0.15, 0.2) is 5.65 Å². The topological polar surface area (TPSA) is 105 Å². The summed E-state index contributed by atoms with van der Waals surface area (Å²) in [5.74, 6) is 0.628. The molecule has 0 bridgehead atoms. The van der Waals surface area contributed by atoms with Gasteiger partial charge in [0.2, 0.25) is 5.95 Å². The smallest absolute Gasteiger partial charge is 0.224 e. The highest BCUT2D eigenvalue weighted by Gasteiger charge is 2.19. The molecule has 32 heavy (non-hydrogen) atoms. The largest absolute Gasteiger partial charge is 0.381 e. The van der Waals surface area contributed by atoms with Gasteiger partial charge in [-0.15, -0.1) is 0 Å². The van der Waals surface area contributed by atoms with E-state index in [0.29, 0.717) is 24.6 Å². The monoisotopic (exact) mass is 447 g/mol. The molecule has 2 aromatic heterocycles. The van der Waals surface area contributed by atoms with Crippen molar-refractivity contribution < 1.29 is 0 Å². The van der Waals surface area contributed by atoms with E-state index >= 15 is 0 Å². The first-order valence-corrected chi connectivity index (χ1v) is 11.3. The van der Waals surface area contributed by atoms with Crippen LogP contribution in [0.25, 0.3) is 22.3 Å². The third-order valence-corrected chi connectivity index (χ3v) is 6.37. The molecule has 0 atom stereocenters. The summed E-state index contributed by atoms with van der Waals surface area (Å²) in [6, 6.07) is 16.7. The molecule has 8 heteroatoms. The molecule has 0 amide bonds. The van der Waals surface area contributed by atoms with Crippen molar-refractivity contribution in [2.75, 3.05) is 10.6 Å². The number of hydrogen-bond donors (Lipinski definition) is 4. The number of nitrogens with zero attached hydrogens (tertiary/aromatic N) is 3. The van der Waals surface area contributed by atoms with Crippen molar-refractivity contribution >= 4 is 34.3 Å². The van der Waals surface area contributed by atoms with E-state index in [4.69, 9.17) is 17.3 Å². The second-order valence-corrected chi connectivity index (χ2v) is 8.72. The minimum Gasteiger partial charge on any atom is -0.381 e. The van der Waals surface area contributed by atoms with Crippen LogP contribution in [0.4, 0.5) is 11.6 Å². The predicted octanol–water partition coefficient (Wildman–Crippen LogP) is 4.97. The van der Waals surface area contributed by atoms with Crippen molar-refractivity contribution in [2.24, 2.45) is 5.73 Å². The summed E-state index contributed by atoms with van der Waals surface area (Å²) >= 11 is 6.27. The maximum absolute atomic E-state index is 6.27. The molecule has 0 aliphatic heterocycles. The number of halogens is 1. The molecular formula is C24H26ClN7. The first-order chi connectivity index (χ1) is 15.7. The van der Waals surface area contributed by atoms with Crippen LogP contribution in [0.15, 0.2) is 54.7 Å². The van der Waals surface area contributed by atoms with Gasteiger partial charge in [-0.3, -0.25) is 5.10 Å². The summed E-state index contributed by atoms with van der Waals surface area (Å²) in [5.41, 5.74) is 10.6. The predicted molar refractivity (Wildman–Crippen MR) is 130 cm³/mol. The number of benzene rings is 2. The Labute approximate surface area is 191 Å². The van der Waals surface area contributed by atoms with Gasteiger partial charge in [-0.05, 0) is 49.4 Å². The zero-order valence-electron chi connectivity index (χ0n) is 17.7. The third kappa shape index (κ3) is 4.54. The van der Waals surface area contributed by atoms with Crippen molar-refractivity contribution in [3.8, 4) is 11.3 Å². The molecule has 1 saturated carbocycles. The van der Waals surface area contributed by atoms with Crippen LogP contribution in [-0.4, -0.2) is 32.2 Å². The van der Waals surface area contributed by atoms with Crippen LogP contribution in [0.1, 0.15) is 31.2 Å². The number of hydrogen-bond acceptors (Lipinski definition) is 6.